The van der Waals surface area contributed by atoms with E-state index in [2.05, 4.69) is 18.8 Å². The first-order valence-electron chi connectivity index (χ1n) is 4.64. The molecule has 0 spiro atoms. The van der Waals surface area contributed by atoms with Crippen molar-refractivity contribution in [1.29, 1.82) is 0 Å². The fourth-order valence-electron chi connectivity index (χ4n) is 1.12. The molecule has 4 heteroatoms. The molecule has 0 bridgehead atoms. The Hall–Kier alpha value is -0.800. The van der Waals surface area contributed by atoms with E-state index in [0.29, 0.717) is 17.6 Å². The van der Waals surface area contributed by atoms with Crippen molar-refractivity contribution >= 4 is 17.4 Å². The van der Waals surface area contributed by atoms with Crippen LogP contribution in [0.3, 0.4) is 0 Å². The van der Waals surface area contributed by atoms with Gasteiger partial charge in [0.15, 0.2) is 0 Å². The summed E-state index contributed by atoms with van der Waals surface area (Å²) in [4.78, 5) is 6.28. The monoisotopic (exact) mass is 213 g/mol. The van der Waals surface area contributed by atoms with Crippen LogP contribution >= 0.6 is 11.6 Å². The van der Waals surface area contributed by atoms with Gasteiger partial charge in [-0.2, -0.15) is 0 Å². The second kappa shape index (κ2) is 4.62. The van der Waals surface area contributed by atoms with Gasteiger partial charge in [-0.05, 0) is 25.5 Å². The van der Waals surface area contributed by atoms with E-state index >= 15 is 0 Å². The van der Waals surface area contributed by atoms with Crippen molar-refractivity contribution in [1.82, 2.24) is 4.98 Å². The molecule has 1 heterocycles. The summed E-state index contributed by atoms with van der Waals surface area (Å²) in [5.74, 6) is 0.796. The predicted molar refractivity (Wildman–Crippen MR) is 60.7 cm³/mol. The summed E-state index contributed by atoms with van der Waals surface area (Å²) in [6, 6.07) is 2.22. The first-order valence-corrected chi connectivity index (χ1v) is 5.02. The van der Waals surface area contributed by atoms with Crippen molar-refractivity contribution in [2.24, 2.45) is 5.73 Å². The van der Waals surface area contributed by atoms with Gasteiger partial charge in [0.1, 0.15) is 5.82 Å². The Labute approximate surface area is 89.9 Å². The number of hydrogen-bond donors (Lipinski definition) is 1. The number of halogens is 1. The maximum Gasteiger partial charge on any atom is 0.147 e. The smallest absolute Gasteiger partial charge is 0.147 e. The van der Waals surface area contributed by atoms with Gasteiger partial charge in [0, 0.05) is 25.8 Å². The predicted octanol–water partition coefficient (Wildman–Crippen LogP) is 2.04. The largest absolute Gasteiger partial charge is 0.356 e. The lowest BCUT2D eigenvalue weighted by Crippen LogP contribution is -2.27. The maximum absolute atomic E-state index is 6.16. The van der Waals surface area contributed by atoms with Crippen molar-refractivity contribution in [2.45, 2.75) is 26.4 Å². The highest BCUT2D eigenvalue weighted by Gasteiger charge is 2.12. The molecule has 0 radical (unpaired) electrons. The molecule has 0 fully saturated rings. The molecule has 14 heavy (non-hydrogen) atoms. The quantitative estimate of drug-likeness (QED) is 0.836. The summed E-state index contributed by atoms with van der Waals surface area (Å²) < 4.78 is 0. The van der Waals surface area contributed by atoms with Gasteiger partial charge in [0.2, 0.25) is 0 Å². The average molecular weight is 214 g/mol. The molecule has 0 saturated carbocycles. The number of nitrogens with zero attached hydrogens (tertiary/aromatic N) is 2. The number of nitrogens with two attached hydrogens (primary N) is 1. The summed E-state index contributed by atoms with van der Waals surface area (Å²) in [7, 11) is 1.97. The van der Waals surface area contributed by atoms with Crippen molar-refractivity contribution in [2.75, 3.05) is 11.9 Å². The Balaban J connectivity index is 3.09. The molecule has 0 atom stereocenters. The van der Waals surface area contributed by atoms with Crippen molar-refractivity contribution in [3.05, 3.63) is 22.8 Å². The average Bonchev–Trinajstić information content (AvgIpc) is 2.17. The highest BCUT2D eigenvalue weighted by atomic mass is 35.5. The Morgan fingerprint density at radius 3 is 2.71 bits per heavy atom. The number of anilines is 1. The van der Waals surface area contributed by atoms with E-state index in [1.54, 1.807) is 6.20 Å². The maximum atomic E-state index is 6.16. The third-order valence-electron chi connectivity index (χ3n) is 2.28. The first-order chi connectivity index (χ1) is 6.57. The molecule has 0 unspecified atom stereocenters. The molecule has 1 aromatic heterocycles. The van der Waals surface area contributed by atoms with E-state index in [1.807, 2.05) is 18.0 Å². The lowest BCUT2D eigenvalue weighted by molar-refractivity contribution is 0.742. The molecule has 0 saturated heterocycles. The SMILES string of the molecule is CC(C)N(C)c1nccc(CN)c1Cl. The number of hydrogen-bond acceptors (Lipinski definition) is 3. The van der Waals surface area contributed by atoms with Gasteiger partial charge in [-0.1, -0.05) is 11.6 Å². The van der Waals surface area contributed by atoms with Crippen LogP contribution < -0.4 is 10.6 Å². The molecule has 1 rings (SSSR count). The fraction of sp³-hybridized carbons (Fsp3) is 0.500. The van der Waals surface area contributed by atoms with E-state index in [9.17, 15) is 0 Å². The van der Waals surface area contributed by atoms with Crippen LogP contribution in [0.15, 0.2) is 12.3 Å². The fourth-order valence-corrected chi connectivity index (χ4v) is 1.44. The lowest BCUT2D eigenvalue weighted by Gasteiger charge is -2.24. The van der Waals surface area contributed by atoms with Gasteiger partial charge in [0.05, 0.1) is 5.02 Å². The van der Waals surface area contributed by atoms with Crippen LogP contribution in [0.1, 0.15) is 19.4 Å². The topological polar surface area (TPSA) is 42.2 Å². The molecular weight excluding hydrogens is 198 g/mol. The Morgan fingerprint density at radius 2 is 2.21 bits per heavy atom. The van der Waals surface area contributed by atoms with Gasteiger partial charge in [-0.25, -0.2) is 4.98 Å². The van der Waals surface area contributed by atoms with Crippen LogP contribution in [-0.2, 0) is 6.54 Å². The van der Waals surface area contributed by atoms with Crippen LogP contribution in [0.25, 0.3) is 0 Å². The van der Waals surface area contributed by atoms with E-state index in [4.69, 9.17) is 17.3 Å². The zero-order valence-corrected chi connectivity index (χ0v) is 9.54. The Kier molecular flexibility index (Phi) is 3.72. The molecule has 0 aliphatic heterocycles. The molecule has 0 aliphatic rings. The summed E-state index contributed by atoms with van der Waals surface area (Å²) >= 11 is 6.16. The standard InChI is InChI=1S/C10H16ClN3/c1-7(2)14(3)10-9(11)8(6-12)4-5-13-10/h4-5,7H,6,12H2,1-3H3. The van der Waals surface area contributed by atoms with Crippen LogP contribution in [0.5, 0.6) is 0 Å². The van der Waals surface area contributed by atoms with E-state index in [-0.39, 0.29) is 0 Å². The van der Waals surface area contributed by atoms with Crippen LogP contribution in [-0.4, -0.2) is 18.1 Å². The number of pyridine rings is 1. The minimum Gasteiger partial charge on any atom is -0.356 e. The number of aromatic nitrogens is 1. The second-order valence-corrected chi connectivity index (χ2v) is 3.89. The minimum atomic E-state index is 0.369. The van der Waals surface area contributed by atoms with Gasteiger partial charge in [-0.15, -0.1) is 0 Å². The third-order valence-corrected chi connectivity index (χ3v) is 2.69. The van der Waals surface area contributed by atoms with Gasteiger partial charge >= 0.3 is 0 Å². The highest BCUT2D eigenvalue weighted by molar-refractivity contribution is 6.33. The summed E-state index contributed by atoms with van der Waals surface area (Å²) in [5.41, 5.74) is 6.50. The van der Waals surface area contributed by atoms with E-state index in [0.717, 1.165) is 11.4 Å². The minimum absolute atomic E-state index is 0.369. The summed E-state index contributed by atoms with van der Waals surface area (Å²) in [6.45, 7) is 4.63. The molecule has 3 nitrogen and oxygen atoms in total. The molecule has 0 aliphatic carbocycles. The van der Waals surface area contributed by atoms with E-state index in [1.165, 1.54) is 0 Å². The molecule has 78 valence electrons. The van der Waals surface area contributed by atoms with E-state index < -0.39 is 0 Å². The van der Waals surface area contributed by atoms with Gasteiger partial charge in [0.25, 0.3) is 0 Å². The molecular formula is C10H16ClN3. The number of rotatable bonds is 3. The molecule has 0 amide bonds. The molecule has 2 N–H and O–H groups in total. The van der Waals surface area contributed by atoms with Crippen molar-refractivity contribution in [3.8, 4) is 0 Å². The van der Waals surface area contributed by atoms with Gasteiger partial charge < -0.3 is 10.6 Å². The van der Waals surface area contributed by atoms with Crippen LogP contribution in [0, 0.1) is 0 Å². The van der Waals surface area contributed by atoms with Crippen LogP contribution in [0.4, 0.5) is 5.82 Å². The molecule has 0 aromatic carbocycles. The first kappa shape index (κ1) is 11.3. The Morgan fingerprint density at radius 1 is 1.57 bits per heavy atom. The van der Waals surface area contributed by atoms with Gasteiger partial charge in [-0.3, -0.25) is 0 Å². The third kappa shape index (κ3) is 2.16. The van der Waals surface area contributed by atoms with Crippen molar-refractivity contribution < 1.29 is 0 Å². The normalized spacial score (nSPS) is 10.7. The molecule has 1 aromatic rings. The van der Waals surface area contributed by atoms with Crippen LogP contribution in [0.2, 0.25) is 5.02 Å². The zero-order valence-electron chi connectivity index (χ0n) is 8.79. The Bertz CT molecular complexity index is 312. The zero-order chi connectivity index (χ0) is 10.7. The lowest BCUT2D eigenvalue weighted by atomic mass is 10.2. The summed E-state index contributed by atoms with van der Waals surface area (Å²) in [5, 5.41) is 0.659. The second-order valence-electron chi connectivity index (χ2n) is 3.52. The highest BCUT2D eigenvalue weighted by Crippen LogP contribution is 2.26. The van der Waals surface area contributed by atoms with Crippen molar-refractivity contribution in [3.63, 3.8) is 0 Å². The summed E-state index contributed by atoms with van der Waals surface area (Å²) in [6.07, 6.45) is 1.74.